The minimum absolute atomic E-state index is 0.00143. The number of benzene rings is 2. The third-order valence-electron chi connectivity index (χ3n) is 3.13. The molecule has 0 saturated carbocycles. The number of ether oxygens (including phenoxy) is 2. The SMILES string of the molecule is CCOc1ccc(C(=O)c2ccc(OCC(C)C)cc2)cc1. The Morgan fingerprint density at radius 2 is 1.32 bits per heavy atom. The zero-order valence-electron chi connectivity index (χ0n) is 13.3. The first kappa shape index (κ1) is 16.1. The lowest BCUT2D eigenvalue weighted by Crippen LogP contribution is -2.05. The highest BCUT2D eigenvalue weighted by atomic mass is 16.5. The molecule has 0 aliphatic carbocycles. The van der Waals surface area contributed by atoms with Crippen LogP contribution >= 0.6 is 0 Å². The lowest BCUT2D eigenvalue weighted by Gasteiger charge is -2.09. The van der Waals surface area contributed by atoms with Gasteiger partial charge in [-0.2, -0.15) is 0 Å². The minimum atomic E-state index is -0.00143. The summed E-state index contributed by atoms with van der Waals surface area (Å²) >= 11 is 0. The molecule has 0 N–H and O–H groups in total. The first-order valence-corrected chi connectivity index (χ1v) is 7.60. The van der Waals surface area contributed by atoms with E-state index in [0.29, 0.717) is 30.3 Å². The molecule has 0 spiro atoms. The van der Waals surface area contributed by atoms with E-state index in [1.807, 2.05) is 31.2 Å². The molecule has 2 aromatic carbocycles. The van der Waals surface area contributed by atoms with Crippen LogP contribution in [0.25, 0.3) is 0 Å². The molecule has 0 aliphatic rings. The molecule has 0 amide bonds. The van der Waals surface area contributed by atoms with Crippen LogP contribution in [0.3, 0.4) is 0 Å². The second-order valence-electron chi connectivity index (χ2n) is 5.52. The molecule has 0 saturated heterocycles. The van der Waals surface area contributed by atoms with Crippen molar-refractivity contribution < 1.29 is 14.3 Å². The summed E-state index contributed by atoms with van der Waals surface area (Å²) in [5, 5.41) is 0. The zero-order chi connectivity index (χ0) is 15.9. The average Bonchev–Trinajstić information content (AvgIpc) is 2.54. The summed E-state index contributed by atoms with van der Waals surface area (Å²) in [6.07, 6.45) is 0. The molecule has 0 aliphatic heterocycles. The lowest BCUT2D eigenvalue weighted by molar-refractivity contribution is 0.103. The van der Waals surface area contributed by atoms with Gasteiger partial charge in [0.25, 0.3) is 0 Å². The fourth-order valence-electron chi connectivity index (χ4n) is 2.00. The van der Waals surface area contributed by atoms with Crippen LogP contribution < -0.4 is 9.47 Å². The van der Waals surface area contributed by atoms with Gasteiger partial charge in [-0.25, -0.2) is 0 Å². The maximum Gasteiger partial charge on any atom is 0.193 e. The highest BCUT2D eigenvalue weighted by molar-refractivity contribution is 6.09. The van der Waals surface area contributed by atoms with Crippen LogP contribution in [0.4, 0.5) is 0 Å². The fourth-order valence-corrected chi connectivity index (χ4v) is 2.00. The lowest BCUT2D eigenvalue weighted by atomic mass is 10.0. The van der Waals surface area contributed by atoms with Crippen LogP contribution in [0.5, 0.6) is 11.5 Å². The number of carbonyl (C=O) groups excluding carboxylic acids is 1. The van der Waals surface area contributed by atoms with Crippen molar-refractivity contribution >= 4 is 5.78 Å². The van der Waals surface area contributed by atoms with E-state index in [4.69, 9.17) is 9.47 Å². The smallest absolute Gasteiger partial charge is 0.193 e. The Morgan fingerprint density at radius 1 is 0.864 bits per heavy atom. The van der Waals surface area contributed by atoms with Crippen LogP contribution in [-0.2, 0) is 0 Å². The van der Waals surface area contributed by atoms with E-state index >= 15 is 0 Å². The molecule has 2 aromatic rings. The van der Waals surface area contributed by atoms with Crippen molar-refractivity contribution in [2.24, 2.45) is 5.92 Å². The fraction of sp³-hybridized carbons (Fsp3) is 0.316. The van der Waals surface area contributed by atoms with E-state index in [-0.39, 0.29) is 5.78 Å². The molecule has 0 heterocycles. The van der Waals surface area contributed by atoms with Crippen LogP contribution in [0.2, 0.25) is 0 Å². The molecule has 0 radical (unpaired) electrons. The monoisotopic (exact) mass is 298 g/mol. The quantitative estimate of drug-likeness (QED) is 0.713. The van der Waals surface area contributed by atoms with Gasteiger partial charge >= 0.3 is 0 Å². The standard InChI is InChI=1S/C19H22O3/c1-4-21-17-9-5-15(6-10-17)19(20)16-7-11-18(12-8-16)22-13-14(2)3/h5-12,14H,4,13H2,1-3H3. The van der Waals surface area contributed by atoms with E-state index in [2.05, 4.69) is 13.8 Å². The van der Waals surface area contributed by atoms with E-state index in [1.165, 1.54) is 0 Å². The van der Waals surface area contributed by atoms with Crippen molar-refractivity contribution in [2.45, 2.75) is 20.8 Å². The molecule has 3 nitrogen and oxygen atoms in total. The Morgan fingerprint density at radius 3 is 1.73 bits per heavy atom. The van der Waals surface area contributed by atoms with E-state index in [0.717, 1.165) is 11.5 Å². The minimum Gasteiger partial charge on any atom is -0.494 e. The van der Waals surface area contributed by atoms with Gasteiger partial charge < -0.3 is 9.47 Å². The number of rotatable bonds is 7. The van der Waals surface area contributed by atoms with Gasteiger partial charge in [0, 0.05) is 11.1 Å². The Balaban J connectivity index is 2.05. The Hall–Kier alpha value is -2.29. The van der Waals surface area contributed by atoms with Gasteiger partial charge in [0.2, 0.25) is 0 Å². The number of hydrogen-bond acceptors (Lipinski definition) is 3. The Bertz CT molecular complexity index is 598. The predicted molar refractivity (Wildman–Crippen MR) is 87.8 cm³/mol. The maximum atomic E-state index is 12.4. The van der Waals surface area contributed by atoms with Gasteiger partial charge in [-0.1, -0.05) is 13.8 Å². The topological polar surface area (TPSA) is 35.5 Å². The Labute approximate surface area is 131 Å². The summed E-state index contributed by atoms with van der Waals surface area (Å²) in [5.41, 5.74) is 1.31. The summed E-state index contributed by atoms with van der Waals surface area (Å²) in [4.78, 5) is 12.4. The molecule has 3 heteroatoms. The second-order valence-corrected chi connectivity index (χ2v) is 5.52. The van der Waals surface area contributed by atoms with Gasteiger partial charge in [-0.15, -0.1) is 0 Å². The normalized spacial score (nSPS) is 10.5. The van der Waals surface area contributed by atoms with E-state index < -0.39 is 0 Å². The molecule has 116 valence electrons. The average molecular weight is 298 g/mol. The van der Waals surface area contributed by atoms with Crippen molar-refractivity contribution in [3.05, 3.63) is 59.7 Å². The summed E-state index contributed by atoms with van der Waals surface area (Å²) in [7, 11) is 0. The molecule has 0 aromatic heterocycles. The maximum absolute atomic E-state index is 12.4. The predicted octanol–water partition coefficient (Wildman–Crippen LogP) is 4.35. The van der Waals surface area contributed by atoms with Gasteiger partial charge in [-0.3, -0.25) is 4.79 Å². The largest absolute Gasteiger partial charge is 0.494 e. The van der Waals surface area contributed by atoms with Crippen molar-refractivity contribution in [1.29, 1.82) is 0 Å². The summed E-state index contributed by atoms with van der Waals surface area (Å²) in [6.45, 7) is 7.42. The molecular weight excluding hydrogens is 276 g/mol. The third kappa shape index (κ3) is 4.35. The molecule has 0 unspecified atom stereocenters. The zero-order valence-corrected chi connectivity index (χ0v) is 13.3. The highest BCUT2D eigenvalue weighted by Crippen LogP contribution is 2.18. The highest BCUT2D eigenvalue weighted by Gasteiger charge is 2.09. The van der Waals surface area contributed by atoms with Gasteiger partial charge in [0.05, 0.1) is 13.2 Å². The van der Waals surface area contributed by atoms with Crippen molar-refractivity contribution in [3.8, 4) is 11.5 Å². The molecule has 0 fully saturated rings. The van der Waals surface area contributed by atoms with Crippen LogP contribution in [0.15, 0.2) is 48.5 Å². The summed E-state index contributed by atoms with van der Waals surface area (Å²) in [5.74, 6) is 2.04. The molecule has 22 heavy (non-hydrogen) atoms. The second kappa shape index (κ2) is 7.64. The molecule has 0 atom stereocenters. The van der Waals surface area contributed by atoms with E-state index in [9.17, 15) is 4.79 Å². The van der Waals surface area contributed by atoms with Crippen molar-refractivity contribution in [1.82, 2.24) is 0 Å². The van der Waals surface area contributed by atoms with Gasteiger partial charge in [0.1, 0.15) is 11.5 Å². The first-order chi connectivity index (χ1) is 10.6. The number of ketones is 1. The van der Waals surface area contributed by atoms with Gasteiger partial charge in [0.15, 0.2) is 5.78 Å². The number of hydrogen-bond donors (Lipinski definition) is 0. The van der Waals surface area contributed by atoms with Gasteiger partial charge in [-0.05, 0) is 61.4 Å². The third-order valence-corrected chi connectivity index (χ3v) is 3.13. The number of carbonyl (C=O) groups is 1. The van der Waals surface area contributed by atoms with Crippen molar-refractivity contribution in [3.63, 3.8) is 0 Å². The van der Waals surface area contributed by atoms with Crippen LogP contribution in [-0.4, -0.2) is 19.0 Å². The summed E-state index contributed by atoms with van der Waals surface area (Å²) in [6, 6.07) is 14.5. The first-order valence-electron chi connectivity index (χ1n) is 7.60. The molecule has 2 rings (SSSR count). The summed E-state index contributed by atoms with van der Waals surface area (Å²) < 4.78 is 11.0. The Kier molecular flexibility index (Phi) is 5.59. The van der Waals surface area contributed by atoms with Crippen molar-refractivity contribution in [2.75, 3.05) is 13.2 Å². The van der Waals surface area contributed by atoms with Crippen LogP contribution in [0, 0.1) is 5.92 Å². The molecular formula is C19H22O3. The van der Waals surface area contributed by atoms with Crippen LogP contribution in [0.1, 0.15) is 36.7 Å². The molecule has 0 bridgehead atoms. The van der Waals surface area contributed by atoms with E-state index in [1.54, 1.807) is 24.3 Å².